The average Bonchev–Trinajstić information content (AvgIpc) is 2.62. The number of benzene rings is 1. The van der Waals surface area contributed by atoms with Crippen LogP contribution in [0.2, 0.25) is 0 Å². The Morgan fingerprint density at radius 3 is 2.61 bits per heavy atom. The highest BCUT2D eigenvalue weighted by Crippen LogP contribution is 2.28. The van der Waals surface area contributed by atoms with Crippen LogP contribution in [0.1, 0.15) is 43.0 Å². The van der Waals surface area contributed by atoms with Crippen LogP contribution in [0.5, 0.6) is 0 Å². The molecule has 1 aliphatic carbocycles. The molecule has 126 valence electrons. The van der Waals surface area contributed by atoms with E-state index in [1.165, 1.54) is 25.7 Å². The van der Waals surface area contributed by atoms with Crippen molar-refractivity contribution in [1.29, 1.82) is 0 Å². The van der Waals surface area contributed by atoms with Crippen LogP contribution in [0, 0.1) is 11.8 Å². The molecule has 0 unspecified atom stereocenters. The van der Waals surface area contributed by atoms with Crippen molar-refractivity contribution in [3.8, 4) is 0 Å². The fraction of sp³-hybridized carbons (Fsp3) is 0.632. The third kappa shape index (κ3) is 4.25. The quantitative estimate of drug-likeness (QED) is 0.928. The van der Waals surface area contributed by atoms with Crippen LogP contribution in [-0.2, 0) is 4.74 Å². The lowest BCUT2D eigenvalue weighted by atomic mass is 9.83. The first-order valence-electron chi connectivity index (χ1n) is 8.94. The van der Waals surface area contributed by atoms with Gasteiger partial charge in [-0.05, 0) is 36.8 Å². The van der Waals surface area contributed by atoms with Gasteiger partial charge in [-0.25, -0.2) is 0 Å². The van der Waals surface area contributed by atoms with Gasteiger partial charge in [0.1, 0.15) is 0 Å². The first kappa shape index (κ1) is 16.3. The molecule has 1 saturated carbocycles. The molecule has 1 aliphatic heterocycles. The van der Waals surface area contributed by atoms with Crippen LogP contribution in [0.15, 0.2) is 24.3 Å². The molecule has 1 amide bonds. The van der Waals surface area contributed by atoms with Crippen LogP contribution in [0.3, 0.4) is 0 Å². The normalized spacial score (nSPS) is 25.2. The van der Waals surface area contributed by atoms with E-state index in [4.69, 9.17) is 4.74 Å². The topological polar surface area (TPSA) is 41.6 Å². The first-order chi connectivity index (χ1) is 11.2. The van der Waals surface area contributed by atoms with E-state index >= 15 is 0 Å². The van der Waals surface area contributed by atoms with Gasteiger partial charge in [0.2, 0.25) is 0 Å². The van der Waals surface area contributed by atoms with E-state index < -0.39 is 0 Å². The Labute approximate surface area is 139 Å². The molecule has 2 aliphatic rings. The zero-order valence-electron chi connectivity index (χ0n) is 14.1. The molecule has 0 bridgehead atoms. The number of nitrogens with one attached hydrogen (secondary N) is 1. The van der Waals surface area contributed by atoms with Crippen molar-refractivity contribution in [3.05, 3.63) is 29.8 Å². The summed E-state index contributed by atoms with van der Waals surface area (Å²) in [5, 5.41) is 3.17. The maximum Gasteiger partial charge on any atom is 0.253 e. The number of carbonyl (C=O) groups excluding carboxylic acids is 1. The fourth-order valence-electron chi connectivity index (χ4n) is 3.61. The second-order valence-corrected chi connectivity index (χ2v) is 6.95. The van der Waals surface area contributed by atoms with E-state index in [-0.39, 0.29) is 5.91 Å². The van der Waals surface area contributed by atoms with E-state index in [9.17, 15) is 4.79 Å². The zero-order chi connectivity index (χ0) is 16.1. The number of para-hydroxylation sites is 1. The van der Waals surface area contributed by atoms with Gasteiger partial charge >= 0.3 is 0 Å². The van der Waals surface area contributed by atoms with Gasteiger partial charge in [0.15, 0.2) is 0 Å². The van der Waals surface area contributed by atoms with Gasteiger partial charge in [0, 0.05) is 25.3 Å². The van der Waals surface area contributed by atoms with Crippen molar-refractivity contribution in [2.75, 3.05) is 37.7 Å². The van der Waals surface area contributed by atoms with Gasteiger partial charge in [0.05, 0.1) is 18.8 Å². The van der Waals surface area contributed by atoms with Crippen molar-refractivity contribution in [3.63, 3.8) is 0 Å². The maximum absolute atomic E-state index is 12.6. The largest absolute Gasteiger partial charge is 0.378 e. The molecule has 4 nitrogen and oxygen atoms in total. The lowest BCUT2D eigenvalue weighted by Crippen LogP contribution is -2.38. The number of morpholine rings is 1. The molecule has 3 rings (SSSR count). The average molecular weight is 316 g/mol. The highest BCUT2D eigenvalue weighted by molar-refractivity contribution is 5.99. The lowest BCUT2D eigenvalue weighted by molar-refractivity contribution is 0.0940. The number of hydrogen-bond acceptors (Lipinski definition) is 3. The summed E-state index contributed by atoms with van der Waals surface area (Å²) >= 11 is 0. The van der Waals surface area contributed by atoms with Gasteiger partial charge < -0.3 is 15.0 Å². The SMILES string of the molecule is CC1CCC(CNC(=O)c2ccccc2N2CCOCC2)CC1. The molecule has 1 aromatic rings. The third-order valence-electron chi connectivity index (χ3n) is 5.19. The van der Waals surface area contributed by atoms with Gasteiger partial charge in [-0.15, -0.1) is 0 Å². The smallest absolute Gasteiger partial charge is 0.253 e. The van der Waals surface area contributed by atoms with E-state index in [2.05, 4.69) is 17.1 Å². The molecule has 1 aromatic carbocycles. The third-order valence-corrected chi connectivity index (χ3v) is 5.19. The Morgan fingerprint density at radius 2 is 1.87 bits per heavy atom. The summed E-state index contributed by atoms with van der Waals surface area (Å²) in [7, 11) is 0. The molecular formula is C19H28N2O2. The molecular weight excluding hydrogens is 288 g/mol. The van der Waals surface area contributed by atoms with Crippen molar-refractivity contribution in [2.24, 2.45) is 11.8 Å². The minimum atomic E-state index is 0.0608. The Morgan fingerprint density at radius 1 is 1.17 bits per heavy atom. The number of anilines is 1. The number of ether oxygens (including phenoxy) is 1. The number of carbonyl (C=O) groups is 1. The zero-order valence-corrected chi connectivity index (χ0v) is 14.1. The predicted molar refractivity (Wildman–Crippen MR) is 92.9 cm³/mol. The number of hydrogen-bond donors (Lipinski definition) is 1. The van der Waals surface area contributed by atoms with Crippen LogP contribution in [0.4, 0.5) is 5.69 Å². The van der Waals surface area contributed by atoms with Gasteiger partial charge in [-0.2, -0.15) is 0 Å². The van der Waals surface area contributed by atoms with Crippen LogP contribution in [-0.4, -0.2) is 38.8 Å². The number of rotatable bonds is 4. The first-order valence-corrected chi connectivity index (χ1v) is 8.94. The van der Waals surface area contributed by atoms with Gasteiger partial charge in [0.25, 0.3) is 5.91 Å². The molecule has 23 heavy (non-hydrogen) atoms. The second kappa shape index (κ2) is 7.82. The molecule has 0 spiro atoms. The fourth-order valence-corrected chi connectivity index (χ4v) is 3.61. The van der Waals surface area contributed by atoms with E-state index in [0.717, 1.165) is 50.0 Å². The van der Waals surface area contributed by atoms with Crippen LogP contribution >= 0.6 is 0 Å². The molecule has 0 aromatic heterocycles. The number of amides is 1. The van der Waals surface area contributed by atoms with Gasteiger partial charge in [-0.1, -0.05) is 31.9 Å². The Bertz CT molecular complexity index is 518. The van der Waals surface area contributed by atoms with E-state index in [0.29, 0.717) is 5.92 Å². The molecule has 2 fully saturated rings. The molecule has 4 heteroatoms. The van der Waals surface area contributed by atoms with E-state index in [1.807, 2.05) is 24.3 Å². The highest BCUT2D eigenvalue weighted by atomic mass is 16.5. The summed E-state index contributed by atoms with van der Waals surface area (Å²) in [5.41, 5.74) is 1.82. The van der Waals surface area contributed by atoms with Crippen molar-refractivity contribution >= 4 is 11.6 Å². The van der Waals surface area contributed by atoms with Crippen molar-refractivity contribution < 1.29 is 9.53 Å². The molecule has 1 N–H and O–H groups in total. The Kier molecular flexibility index (Phi) is 5.55. The molecule has 0 radical (unpaired) electrons. The standard InChI is InChI=1S/C19H28N2O2/c1-15-6-8-16(9-7-15)14-20-19(22)17-4-2-3-5-18(17)21-10-12-23-13-11-21/h2-5,15-16H,6-14H2,1H3,(H,20,22). The minimum Gasteiger partial charge on any atom is -0.378 e. The summed E-state index contributed by atoms with van der Waals surface area (Å²) in [5.74, 6) is 1.56. The number of nitrogens with zero attached hydrogens (tertiary/aromatic N) is 1. The highest BCUT2D eigenvalue weighted by Gasteiger charge is 2.21. The Balaban J connectivity index is 1.60. The predicted octanol–water partition coefficient (Wildman–Crippen LogP) is 3.08. The summed E-state index contributed by atoms with van der Waals surface area (Å²) in [4.78, 5) is 14.9. The maximum atomic E-state index is 12.6. The summed E-state index contributed by atoms with van der Waals surface area (Å²) in [6, 6.07) is 7.93. The van der Waals surface area contributed by atoms with E-state index in [1.54, 1.807) is 0 Å². The summed E-state index contributed by atoms with van der Waals surface area (Å²) in [6.45, 7) is 6.30. The summed E-state index contributed by atoms with van der Waals surface area (Å²) < 4.78 is 5.41. The monoisotopic (exact) mass is 316 g/mol. The van der Waals surface area contributed by atoms with Crippen LogP contribution < -0.4 is 10.2 Å². The van der Waals surface area contributed by atoms with Crippen molar-refractivity contribution in [2.45, 2.75) is 32.6 Å². The molecule has 1 saturated heterocycles. The Hall–Kier alpha value is -1.55. The van der Waals surface area contributed by atoms with Crippen molar-refractivity contribution in [1.82, 2.24) is 5.32 Å². The molecule has 0 atom stereocenters. The second-order valence-electron chi connectivity index (χ2n) is 6.95. The molecule has 1 heterocycles. The summed E-state index contributed by atoms with van der Waals surface area (Å²) in [6.07, 6.45) is 5.08. The van der Waals surface area contributed by atoms with Gasteiger partial charge in [-0.3, -0.25) is 4.79 Å². The minimum absolute atomic E-state index is 0.0608. The van der Waals surface area contributed by atoms with Crippen LogP contribution in [0.25, 0.3) is 0 Å². The lowest BCUT2D eigenvalue weighted by Gasteiger charge is -2.30.